The number of alkyl halides is 6. The molecule has 0 bridgehead atoms. The number of hydrogen-bond acceptors (Lipinski definition) is 3. The van der Waals surface area contributed by atoms with Gasteiger partial charge < -0.3 is 11.5 Å². The molecule has 0 fully saturated rings. The normalized spacial score (nSPS) is 12.4. The first-order valence-electron chi connectivity index (χ1n) is 6.09. The maximum absolute atomic E-state index is 13.0. The highest BCUT2D eigenvalue weighted by molar-refractivity contribution is 7.99. The van der Waals surface area contributed by atoms with Crippen molar-refractivity contribution in [3.8, 4) is 0 Å². The van der Waals surface area contributed by atoms with Crippen molar-refractivity contribution in [3.63, 3.8) is 0 Å². The van der Waals surface area contributed by atoms with Crippen molar-refractivity contribution in [2.24, 2.45) is 0 Å². The van der Waals surface area contributed by atoms with Crippen LogP contribution in [0.2, 0.25) is 0 Å². The van der Waals surface area contributed by atoms with Crippen molar-refractivity contribution in [3.05, 3.63) is 47.5 Å². The van der Waals surface area contributed by atoms with Gasteiger partial charge in [-0.05, 0) is 36.4 Å². The van der Waals surface area contributed by atoms with Gasteiger partial charge in [-0.2, -0.15) is 26.3 Å². The number of hydrogen-bond donors (Lipinski definition) is 2. The molecule has 2 aromatic rings. The maximum atomic E-state index is 13.0. The molecule has 4 N–H and O–H groups in total. The van der Waals surface area contributed by atoms with Crippen molar-refractivity contribution >= 4 is 23.1 Å². The lowest BCUT2D eigenvalue weighted by atomic mass is 10.2. The molecule has 0 aliphatic heterocycles. The molecule has 0 saturated heterocycles. The van der Waals surface area contributed by atoms with Crippen LogP contribution in [0.3, 0.4) is 0 Å². The van der Waals surface area contributed by atoms with Gasteiger partial charge in [-0.3, -0.25) is 0 Å². The van der Waals surface area contributed by atoms with Crippen LogP contribution in [0.15, 0.2) is 46.2 Å². The van der Waals surface area contributed by atoms with Gasteiger partial charge in [0.05, 0.1) is 11.1 Å². The van der Waals surface area contributed by atoms with E-state index in [0.717, 1.165) is 24.3 Å². The van der Waals surface area contributed by atoms with E-state index in [-0.39, 0.29) is 21.2 Å². The van der Waals surface area contributed by atoms with Crippen molar-refractivity contribution in [1.82, 2.24) is 0 Å². The van der Waals surface area contributed by atoms with Gasteiger partial charge >= 0.3 is 12.4 Å². The predicted molar refractivity (Wildman–Crippen MR) is 75.8 cm³/mol. The lowest BCUT2D eigenvalue weighted by Crippen LogP contribution is -2.08. The second-order valence-electron chi connectivity index (χ2n) is 4.64. The number of nitrogen functional groups attached to an aromatic ring is 2. The van der Waals surface area contributed by atoms with Crippen LogP contribution in [0.1, 0.15) is 11.1 Å². The Morgan fingerprint density at radius 1 is 0.739 bits per heavy atom. The minimum atomic E-state index is -4.68. The van der Waals surface area contributed by atoms with Gasteiger partial charge in [-0.15, -0.1) is 0 Å². The third-order valence-corrected chi connectivity index (χ3v) is 3.84. The Bertz CT molecular complexity index is 724. The first kappa shape index (κ1) is 17.3. The molecule has 0 aromatic heterocycles. The summed E-state index contributed by atoms with van der Waals surface area (Å²) < 4.78 is 77.3. The van der Waals surface area contributed by atoms with Gasteiger partial charge in [0.1, 0.15) is 0 Å². The van der Waals surface area contributed by atoms with Crippen molar-refractivity contribution in [1.29, 1.82) is 0 Å². The van der Waals surface area contributed by atoms with E-state index in [1.807, 2.05) is 0 Å². The molecule has 0 saturated carbocycles. The van der Waals surface area contributed by atoms with Crippen molar-refractivity contribution in [2.75, 3.05) is 11.5 Å². The molecular weight excluding hydrogens is 342 g/mol. The van der Waals surface area contributed by atoms with Crippen LogP contribution in [0.4, 0.5) is 37.7 Å². The monoisotopic (exact) mass is 352 g/mol. The summed E-state index contributed by atoms with van der Waals surface area (Å²) in [6.45, 7) is 0. The zero-order chi connectivity index (χ0) is 17.4. The van der Waals surface area contributed by atoms with E-state index in [2.05, 4.69) is 0 Å². The molecular formula is C14H10F6N2S. The number of halogens is 6. The molecule has 124 valence electrons. The average Bonchev–Trinajstić information content (AvgIpc) is 2.38. The SMILES string of the molecule is Nc1cc(Sc2ccc(N)cc2C(F)(F)F)cc(C(F)(F)F)c1. The second kappa shape index (κ2) is 5.88. The molecule has 0 heterocycles. The Morgan fingerprint density at radius 2 is 1.39 bits per heavy atom. The molecule has 0 amide bonds. The minimum Gasteiger partial charge on any atom is -0.399 e. The summed E-state index contributed by atoms with van der Waals surface area (Å²) in [5, 5.41) is 0. The minimum absolute atomic E-state index is 0.0485. The largest absolute Gasteiger partial charge is 0.417 e. The van der Waals surface area contributed by atoms with Gasteiger partial charge in [0.15, 0.2) is 0 Å². The first-order chi connectivity index (χ1) is 10.5. The second-order valence-corrected chi connectivity index (χ2v) is 5.76. The maximum Gasteiger partial charge on any atom is 0.417 e. The van der Waals surface area contributed by atoms with Crippen LogP contribution >= 0.6 is 11.8 Å². The van der Waals surface area contributed by atoms with Crippen LogP contribution in [0, 0.1) is 0 Å². The topological polar surface area (TPSA) is 52.0 Å². The third kappa shape index (κ3) is 4.25. The Kier molecular flexibility index (Phi) is 4.43. The van der Waals surface area contributed by atoms with Gasteiger partial charge in [0, 0.05) is 21.2 Å². The Balaban J connectivity index is 2.46. The number of rotatable bonds is 2. The molecule has 0 spiro atoms. The van der Waals surface area contributed by atoms with Gasteiger partial charge in [0.25, 0.3) is 0 Å². The van der Waals surface area contributed by atoms with Crippen molar-refractivity contribution < 1.29 is 26.3 Å². The molecule has 0 aliphatic carbocycles. The molecule has 2 aromatic carbocycles. The summed E-state index contributed by atoms with van der Waals surface area (Å²) in [5.41, 5.74) is 8.43. The van der Waals surface area contributed by atoms with Crippen LogP contribution in [0.25, 0.3) is 0 Å². The van der Waals surface area contributed by atoms with E-state index in [4.69, 9.17) is 11.5 Å². The highest BCUT2D eigenvalue weighted by Gasteiger charge is 2.34. The van der Waals surface area contributed by atoms with E-state index in [0.29, 0.717) is 11.8 Å². The molecule has 9 heteroatoms. The highest BCUT2D eigenvalue weighted by Crippen LogP contribution is 2.42. The fraction of sp³-hybridized carbons (Fsp3) is 0.143. The number of nitrogens with two attached hydrogens (primary N) is 2. The predicted octanol–water partition coefficient (Wildman–Crippen LogP) is 5.04. The summed E-state index contributed by atoms with van der Waals surface area (Å²) in [6, 6.07) is 5.73. The van der Waals surface area contributed by atoms with Gasteiger partial charge in [0.2, 0.25) is 0 Å². The standard InChI is InChI=1S/C14H10F6N2S/c15-13(16,17)7-3-9(22)5-10(4-7)23-12-2-1-8(21)6-11(12)14(18,19)20/h1-6H,21-22H2. The lowest BCUT2D eigenvalue weighted by Gasteiger charge is -2.14. The summed E-state index contributed by atoms with van der Waals surface area (Å²) in [6.07, 6.45) is -9.32. The molecule has 0 atom stereocenters. The average molecular weight is 352 g/mol. The van der Waals surface area contributed by atoms with Crippen LogP contribution in [-0.4, -0.2) is 0 Å². The molecule has 2 rings (SSSR count). The molecule has 2 nitrogen and oxygen atoms in total. The highest BCUT2D eigenvalue weighted by atomic mass is 32.2. The fourth-order valence-corrected chi connectivity index (χ4v) is 2.89. The third-order valence-electron chi connectivity index (χ3n) is 2.79. The van der Waals surface area contributed by atoms with E-state index >= 15 is 0 Å². The fourth-order valence-electron chi connectivity index (χ4n) is 1.83. The summed E-state index contributed by atoms with van der Waals surface area (Å²) >= 11 is 0.539. The first-order valence-corrected chi connectivity index (χ1v) is 6.91. The van der Waals surface area contributed by atoms with E-state index in [1.54, 1.807) is 0 Å². The number of benzene rings is 2. The molecule has 0 aliphatic rings. The zero-order valence-corrected chi connectivity index (χ0v) is 12.1. The summed E-state index contributed by atoms with van der Waals surface area (Å²) in [7, 11) is 0. The van der Waals surface area contributed by atoms with Crippen LogP contribution < -0.4 is 11.5 Å². The Morgan fingerprint density at radius 3 is 1.96 bits per heavy atom. The number of anilines is 2. The smallest absolute Gasteiger partial charge is 0.399 e. The summed E-state index contributed by atoms with van der Waals surface area (Å²) in [5.74, 6) is 0. The molecule has 23 heavy (non-hydrogen) atoms. The molecule has 0 radical (unpaired) electrons. The van der Waals surface area contributed by atoms with Crippen LogP contribution in [0.5, 0.6) is 0 Å². The van der Waals surface area contributed by atoms with Gasteiger partial charge in [-0.1, -0.05) is 11.8 Å². The Hall–Kier alpha value is -2.03. The van der Waals surface area contributed by atoms with Gasteiger partial charge in [-0.25, -0.2) is 0 Å². The zero-order valence-electron chi connectivity index (χ0n) is 11.3. The van der Waals surface area contributed by atoms with Crippen LogP contribution in [-0.2, 0) is 12.4 Å². The molecule has 0 unspecified atom stereocenters. The lowest BCUT2D eigenvalue weighted by molar-refractivity contribution is -0.140. The quantitative estimate of drug-likeness (QED) is 0.588. The Labute approximate surface area is 131 Å². The van der Waals surface area contributed by atoms with E-state index < -0.39 is 23.5 Å². The van der Waals surface area contributed by atoms with E-state index in [9.17, 15) is 26.3 Å². The van der Waals surface area contributed by atoms with Crippen molar-refractivity contribution in [2.45, 2.75) is 22.1 Å². The summed E-state index contributed by atoms with van der Waals surface area (Å²) in [4.78, 5) is -0.307. The van der Waals surface area contributed by atoms with E-state index in [1.165, 1.54) is 12.1 Å².